The number of allylic oxidation sites excluding steroid dienone is 4. The molecule has 0 rings (SSSR count). The van der Waals surface area contributed by atoms with Gasteiger partial charge >= 0.3 is 17.9 Å². The molecule has 0 aliphatic carbocycles. The van der Waals surface area contributed by atoms with E-state index in [4.69, 9.17) is 18.9 Å². The summed E-state index contributed by atoms with van der Waals surface area (Å²) in [6.07, 6.45) is 84.7. The molecule has 514 valence electrons. The number of carbonyl (C=O) groups excluding carboxylic acids is 2. The maximum absolute atomic E-state index is 13.0. The highest BCUT2D eigenvalue weighted by Gasteiger charge is 2.25. The van der Waals surface area contributed by atoms with Crippen LogP contribution in [-0.2, 0) is 33.3 Å². The van der Waals surface area contributed by atoms with E-state index in [0.717, 1.165) is 44.9 Å². The van der Waals surface area contributed by atoms with E-state index in [1.807, 2.05) is 21.1 Å². The van der Waals surface area contributed by atoms with Crippen molar-refractivity contribution in [2.24, 2.45) is 0 Å². The van der Waals surface area contributed by atoms with Gasteiger partial charge in [-0.1, -0.05) is 366 Å². The number of quaternary nitrogens is 1. The quantitative estimate of drug-likeness (QED) is 0.0211. The zero-order valence-corrected chi connectivity index (χ0v) is 59.0. The Kier molecular flexibility index (Phi) is 67.9. The van der Waals surface area contributed by atoms with Gasteiger partial charge in [-0.15, -0.1) is 0 Å². The third kappa shape index (κ3) is 71.1. The number of esters is 2. The summed E-state index contributed by atoms with van der Waals surface area (Å²) in [5.41, 5.74) is 0. The van der Waals surface area contributed by atoms with E-state index in [-0.39, 0.29) is 38.2 Å². The third-order valence-electron chi connectivity index (χ3n) is 17.7. The number of carboxylic acid groups (broad SMARTS) is 1. The van der Waals surface area contributed by atoms with Crippen LogP contribution in [-0.4, -0.2) is 87.4 Å². The Morgan fingerprint density at radius 1 is 0.345 bits per heavy atom. The van der Waals surface area contributed by atoms with Crippen LogP contribution in [0.25, 0.3) is 0 Å². The fourth-order valence-electron chi connectivity index (χ4n) is 11.8. The van der Waals surface area contributed by atoms with Crippen LogP contribution >= 0.6 is 0 Å². The molecule has 87 heavy (non-hydrogen) atoms. The first-order valence-electron chi connectivity index (χ1n) is 38.5. The molecule has 0 aromatic heterocycles. The number of carboxylic acids is 1. The number of carbonyl (C=O) groups is 3. The van der Waals surface area contributed by atoms with E-state index in [1.165, 1.54) is 327 Å². The smallest absolute Gasteiger partial charge is 0.361 e. The molecule has 0 heterocycles. The first kappa shape index (κ1) is 84.8. The average molecular weight is 1230 g/mol. The van der Waals surface area contributed by atoms with Gasteiger partial charge in [0.2, 0.25) is 0 Å². The summed E-state index contributed by atoms with van der Waals surface area (Å²) < 4.78 is 23.0. The Morgan fingerprint density at radius 2 is 0.621 bits per heavy atom. The molecular weight excluding hydrogens is 1080 g/mol. The zero-order valence-electron chi connectivity index (χ0n) is 59.0. The molecule has 2 unspecified atom stereocenters. The summed E-state index contributed by atoms with van der Waals surface area (Å²) in [6.45, 7) is 4.95. The maximum atomic E-state index is 13.0. The largest absolute Gasteiger partial charge is 0.477 e. The summed E-state index contributed by atoms with van der Waals surface area (Å²) in [4.78, 5) is 37.7. The molecule has 0 radical (unpaired) electrons. The number of aliphatic carboxylic acids is 1. The van der Waals surface area contributed by atoms with Gasteiger partial charge in [0.05, 0.1) is 34.4 Å². The van der Waals surface area contributed by atoms with Crippen LogP contribution in [0, 0.1) is 0 Å². The lowest BCUT2D eigenvalue weighted by Crippen LogP contribution is -2.40. The van der Waals surface area contributed by atoms with Gasteiger partial charge in [-0.2, -0.15) is 0 Å². The molecule has 2 atom stereocenters. The van der Waals surface area contributed by atoms with Crippen molar-refractivity contribution in [1.29, 1.82) is 0 Å². The van der Waals surface area contributed by atoms with Crippen molar-refractivity contribution in [2.45, 2.75) is 411 Å². The van der Waals surface area contributed by atoms with E-state index in [2.05, 4.69) is 38.2 Å². The van der Waals surface area contributed by atoms with Crippen molar-refractivity contribution in [3.8, 4) is 0 Å². The van der Waals surface area contributed by atoms with Gasteiger partial charge in [0.25, 0.3) is 6.29 Å². The lowest BCUT2D eigenvalue weighted by atomic mass is 10.0. The van der Waals surface area contributed by atoms with Crippen molar-refractivity contribution in [2.75, 3.05) is 47.5 Å². The van der Waals surface area contributed by atoms with Crippen LogP contribution in [0.15, 0.2) is 24.3 Å². The highest BCUT2D eigenvalue weighted by atomic mass is 16.7. The maximum Gasteiger partial charge on any atom is 0.361 e. The monoisotopic (exact) mass is 1230 g/mol. The van der Waals surface area contributed by atoms with E-state index < -0.39 is 18.4 Å². The van der Waals surface area contributed by atoms with Crippen molar-refractivity contribution in [1.82, 2.24) is 0 Å². The molecule has 0 saturated heterocycles. The van der Waals surface area contributed by atoms with E-state index in [0.29, 0.717) is 17.4 Å². The predicted octanol–water partition coefficient (Wildman–Crippen LogP) is 24.1. The molecule has 9 heteroatoms. The number of likely N-dealkylation sites (N-methyl/N-ethyl adjacent to an activating group) is 1. The van der Waals surface area contributed by atoms with Crippen LogP contribution in [0.5, 0.6) is 0 Å². The first-order chi connectivity index (χ1) is 42.6. The zero-order chi connectivity index (χ0) is 63.3. The fourth-order valence-corrected chi connectivity index (χ4v) is 11.8. The van der Waals surface area contributed by atoms with Gasteiger partial charge in [0.1, 0.15) is 13.2 Å². The number of hydrogen-bond acceptors (Lipinski definition) is 7. The number of rotatable bonds is 73. The van der Waals surface area contributed by atoms with Gasteiger partial charge in [0.15, 0.2) is 6.10 Å². The predicted molar refractivity (Wildman–Crippen MR) is 374 cm³/mol. The summed E-state index contributed by atoms with van der Waals surface area (Å²) in [6, 6.07) is 0. The van der Waals surface area contributed by atoms with Gasteiger partial charge in [-0.25, -0.2) is 4.79 Å². The topological polar surface area (TPSA) is 108 Å². The molecule has 0 aliphatic rings. The average Bonchev–Trinajstić information content (AvgIpc) is 3.57. The van der Waals surface area contributed by atoms with Gasteiger partial charge in [-0.05, 0) is 44.9 Å². The van der Waals surface area contributed by atoms with Crippen LogP contribution in [0.4, 0.5) is 0 Å². The summed E-state index contributed by atoms with van der Waals surface area (Å²) in [7, 11) is 6.00. The third-order valence-corrected chi connectivity index (χ3v) is 17.7. The number of nitrogens with zero attached hydrogens (tertiary/aromatic N) is 1. The second kappa shape index (κ2) is 69.7. The highest BCUT2D eigenvalue weighted by Crippen LogP contribution is 2.20. The van der Waals surface area contributed by atoms with Gasteiger partial charge in [-0.3, -0.25) is 9.59 Å². The summed E-state index contributed by atoms with van der Waals surface area (Å²) in [5.74, 6) is -1.97. The fraction of sp³-hybridized carbons (Fsp3) is 0.910. The van der Waals surface area contributed by atoms with Gasteiger partial charge < -0.3 is 28.5 Å². The summed E-state index contributed by atoms with van der Waals surface area (Å²) in [5, 5.41) is 9.76. The molecule has 0 aliphatic heterocycles. The van der Waals surface area contributed by atoms with Crippen molar-refractivity contribution in [3.63, 3.8) is 0 Å². The second-order valence-corrected chi connectivity index (χ2v) is 27.7. The Balaban J connectivity index is 3.99. The molecule has 0 fully saturated rings. The van der Waals surface area contributed by atoms with E-state index >= 15 is 0 Å². The molecule has 0 aromatic carbocycles. The van der Waals surface area contributed by atoms with E-state index in [9.17, 15) is 19.5 Å². The summed E-state index contributed by atoms with van der Waals surface area (Å²) >= 11 is 0. The lowest BCUT2D eigenvalue weighted by Gasteiger charge is -2.25. The Morgan fingerprint density at radius 3 is 0.908 bits per heavy atom. The molecular formula is C78H150NO8+. The van der Waals surface area contributed by atoms with Crippen molar-refractivity contribution in [3.05, 3.63) is 24.3 Å². The second-order valence-electron chi connectivity index (χ2n) is 27.7. The van der Waals surface area contributed by atoms with E-state index in [1.54, 1.807) is 0 Å². The number of hydrogen-bond donors (Lipinski definition) is 1. The van der Waals surface area contributed by atoms with Crippen molar-refractivity contribution < 1.29 is 42.9 Å². The minimum atomic E-state index is -1.51. The molecule has 0 saturated carbocycles. The number of ether oxygens (including phenoxy) is 4. The Bertz CT molecular complexity index is 1480. The minimum Gasteiger partial charge on any atom is -0.477 e. The normalized spacial score (nSPS) is 12.7. The van der Waals surface area contributed by atoms with Crippen LogP contribution in [0.3, 0.4) is 0 Å². The van der Waals surface area contributed by atoms with Crippen molar-refractivity contribution >= 4 is 17.9 Å². The molecule has 0 spiro atoms. The Hall–Kier alpha value is -2.23. The molecule has 9 nitrogen and oxygen atoms in total. The molecule has 0 amide bonds. The van der Waals surface area contributed by atoms with Gasteiger partial charge in [0, 0.05) is 12.8 Å². The van der Waals surface area contributed by atoms with Crippen LogP contribution in [0.1, 0.15) is 399 Å². The lowest BCUT2D eigenvalue weighted by molar-refractivity contribution is -0.870. The number of unbranched alkanes of at least 4 members (excludes halogenated alkanes) is 54. The molecule has 0 bridgehead atoms. The SMILES string of the molecule is CCCCCCC/C=C\C/C=C\CCCCCCCCCCCCCCCCCCCC(=O)OC(COC(=O)CCCCCCCCCCCCCCCCCCCCCCCCCCCCCCCCCCC)COC(OCC[N+](C)(C)C)C(=O)O. The minimum absolute atomic E-state index is 0.175. The first-order valence-corrected chi connectivity index (χ1v) is 38.5. The standard InChI is InChI=1S/C78H149NO8/c1-6-8-10-12-14-16-18-20-22-24-26-28-30-32-34-36-37-38-39-41-42-44-46-48-50-52-54-56-58-60-62-64-66-68-75(80)85-72-74(73-86-78(77(82)83)84-71-70-79(3,4)5)87-76(81)69-67-65-63-61-59-57-55-53-51-49-47-45-43-40-35-33-31-29-27-25-23-21-19-17-15-13-11-9-7-2/h19,21,25,27,74,78H,6-18,20,22-24,26,28-73H2,1-5H3/p+1/b21-19-,27-25-. The van der Waals surface area contributed by atoms with Crippen LogP contribution in [0.2, 0.25) is 0 Å². The highest BCUT2D eigenvalue weighted by molar-refractivity contribution is 5.71. The molecule has 1 N–H and O–H groups in total. The molecule has 0 aromatic rings. The Labute approximate surface area is 541 Å². The van der Waals surface area contributed by atoms with Crippen LogP contribution < -0.4 is 0 Å².